The highest BCUT2D eigenvalue weighted by atomic mass is 16.2. The molecule has 0 spiro atoms. The van der Waals surface area contributed by atoms with Gasteiger partial charge in [0.1, 0.15) is 0 Å². The summed E-state index contributed by atoms with van der Waals surface area (Å²) < 4.78 is 0. The number of nitrogens with zero attached hydrogens (tertiary/aromatic N) is 3. The molecule has 2 aliphatic rings. The number of rotatable bonds is 9. The Morgan fingerprint density at radius 3 is 2.76 bits per heavy atom. The average Bonchev–Trinajstić information content (AvgIpc) is 3.41. The molecule has 2 fully saturated rings. The van der Waals surface area contributed by atoms with Crippen molar-refractivity contribution in [3.63, 3.8) is 0 Å². The molecule has 1 aliphatic carbocycles. The first-order valence-corrected chi connectivity index (χ1v) is 10.1. The molecular formula is C19H37N5O. The molecule has 1 aliphatic heterocycles. The maximum absolute atomic E-state index is 12.0. The lowest BCUT2D eigenvalue weighted by molar-refractivity contribution is -0.130. The highest BCUT2D eigenvalue weighted by molar-refractivity contribution is 5.79. The van der Waals surface area contributed by atoms with Gasteiger partial charge in [0.25, 0.3) is 0 Å². The molecule has 1 saturated carbocycles. The lowest BCUT2D eigenvalue weighted by atomic mass is 10.2. The molecule has 144 valence electrons. The second-order valence-electron chi connectivity index (χ2n) is 7.56. The maximum atomic E-state index is 12.0. The zero-order valence-corrected chi connectivity index (χ0v) is 16.4. The largest absolute Gasteiger partial charge is 0.357 e. The van der Waals surface area contributed by atoms with Crippen LogP contribution in [0.3, 0.4) is 0 Å². The first-order valence-electron chi connectivity index (χ1n) is 10.1. The van der Waals surface area contributed by atoms with Crippen LogP contribution in [0.5, 0.6) is 0 Å². The molecule has 25 heavy (non-hydrogen) atoms. The van der Waals surface area contributed by atoms with Gasteiger partial charge < -0.3 is 20.4 Å². The monoisotopic (exact) mass is 351 g/mol. The number of carbonyl (C=O) groups is 1. The summed E-state index contributed by atoms with van der Waals surface area (Å²) in [6.07, 6.45) is 7.76. The number of likely N-dealkylation sites (tertiary alicyclic amines) is 1. The van der Waals surface area contributed by atoms with E-state index in [1.165, 1.54) is 19.3 Å². The molecular weight excluding hydrogens is 314 g/mol. The molecule has 1 unspecified atom stereocenters. The second-order valence-corrected chi connectivity index (χ2v) is 7.56. The van der Waals surface area contributed by atoms with E-state index in [-0.39, 0.29) is 0 Å². The Labute approximate surface area is 153 Å². The smallest absolute Gasteiger partial charge is 0.222 e. The lowest BCUT2D eigenvalue weighted by Crippen LogP contribution is -2.41. The number of amides is 1. The maximum Gasteiger partial charge on any atom is 0.222 e. The van der Waals surface area contributed by atoms with E-state index in [2.05, 4.69) is 36.6 Å². The first-order chi connectivity index (χ1) is 12.1. The van der Waals surface area contributed by atoms with E-state index in [0.717, 1.165) is 70.3 Å². The van der Waals surface area contributed by atoms with Gasteiger partial charge in [-0.3, -0.25) is 9.79 Å². The fourth-order valence-electron chi connectivity index (χ4n) is 3.49. The summed E-state index contributed by atoms with van der Waals surface area (Å²) in [4.78, 5) is 21.1. The third-order valence-electron chi connectivity index (χ3n) is 5.18. The summed E-state index contributed by atoms with van der Waals surface area (Å²) in [7, 11) is 4.30. The van der Waals surface area contributed by atoms with E-state index in [9.17, 15) is 4.79 Å². The molecule has 0 radical (unpaired) electrons. The van der Waals surface area contributed by atoms with Crippen molar-refractivity contribution in [3.8, 4) is 0 Å². The van der Waals surface area contributed by atoms with Crippen LogP contribution in [0.15, 0.2) is 4.99 Å². The van der Waals surface area contributed by atoms with Crippen molar-refractivity contribution in [2.75, 3.05) is 46.8 Å². The SMILES string of the molecule is CCNC(=NCC(C1CC1)N(C)C)NCCCN1CCCCCC1=O. The summed E-state index contributed by atoms with van der Waals surface area (Å²) in [6.45, 7) is 6.44. The van der Waals surface area contributed by atoms with Crippen molar-refractivity contribution < 1.29 is 4.79 Å². The molecule has 1 saturated heterocycles. The van der Waals surface area contributed by atoms with Crippen LogP contribution in [0, 0.1) is 5.92 Å². The fourth-order valence-corrected chi connectivity index (χ4v) is 3.49. The number of carbonyl (C=O) groups excluding carboxylic acids is 1. The summed E-state index contributed by atoms with van der Waals surface area (Å²) in [6, 6.07) is 0.546. The Kier molecular flexibility index (Phi) is 8.52. The molecule has 6 nitrogen and oxygen atoms in total. The molecule has 1 heterocycles. The van der Waals surface area contributed by atoms with Crippen molar-refractivity contribution >= 4 is 11.9 Å². The average molecular weight is 352 g/mol. The number of guanidine groups is 1. The van der Waals surface area contributed by atoms with Crippen molar-refractivity contribution in [2.24, 2.45) is 10.9 Å². The standard InChI is InChI=1S/C19H37N5O/c1-4-20-19(22-15-17(23(2)3)16-10-11-16)21-12-8-14-24-13-7-5-6-9-18(24)25/h16-17H,4-15H2,1-3H3,(H2,20,21,22). The van der Waals surface area contributed by atoms with Gasteiger partial charge in [-0.2, -0.15) is 0 Å². The van der Waals surface area contributed by atoms with Crippen LogP contribution in [0.25, 0.3) is 0 Å². The molecule has 1 atom stereocenters. The van der Waals surface area contributed by atoms with Gasteiger partial charge in [0, 0.05) is 38.6 Å². The van der Waals surface area contributed by atoms with Crippen LogP contribution in [-0.2, 0) is 4.79 Å². The Morgan fingerprint density at radius 1 is 1.28 bits per heavy atom. The van der Waals surface area contributed by atoms with Crippen LogP contribution < -0.4 is 10.6 Å². The third-order valence-corrected chi connectivity index (χ3v) is 5.18. The molecule has 0 aromatic heterocycles. The molecule has 2 rings (SSSR count). The van der Waals surface area contributed by atoms with E-state index in [4.69, 9.17) is 4.99 Å². The number of likely N-dealkylation sites (N-methyl/N-ethyl adjacent to an activating group) is 1. The predicted molar refractivity (Wildman–Crippen MR) is 104 cm³/mol. The van der Waals surface area contributed by atoms with Crippen molar-refractivity contribution in [3.05, 3.63) is 0 Å². The Bertz CT molecular complexity index is 432. The van der Waals surface area contributed by atoms with E-state index in [1.54, 1.807) is 0 Å². The van der Waals surface area contributed by atoms with Crippen LogP contribution in [0.2, 0.25) is 0 Å². The molecule has 2 N–H and O–H groups in total. The van der Waals surface area contributed by atoms with Gasteiger partial charge in [-0.05, 0) is 59.0 Å². The van der Waals surface area contributed by atoms with Crippen molar-refractivity contribution in [2.45, 2.75) is 57.9 Å². The van der Waals surface area contributed by atoms with E-state index >= 15 is 0 Å². The van der Waals surface area contributed by atoms with Gasteiger partial charge in [-0.25, -0.2) is 0 Å². The molecule has 0 aromatic carbocycles. The molecule has 0 aromatic rings. The van der Waals surface area contributed by atoms with Crippen LogP contribution >= 0.6 is 0 Å². The van der Waals surface area contributed by atoms with Gasteiger partial charge in [-0.15, -0.1) is 0 Å². The quantitative estimate of drug-likeness (QED) is 0.377. The van der Waals surface area contributed by atoms with Crippen molar-refractivity contribution in [1.29, 1.82) is 0 Å². The molecule has 0 bridgehead atoms. The second kappa shape index (κ2) is 10.6. The lowest BCUT2D eigenvalue weighted by Gasteiger charge is -2.23. The van der Waals surface area contributed by atoms with E-state index in [0.29, 0.717) is 11.9 Å². The fraction of sp³-hybridized carbons (Fsp3) is 0.895. The number of hydrogen-bond acceptors (Lipinski definition) is 3. The minimum Gasteiger partial charge on any atom is -0.357 e. The van der Waals surface area contributed by atoms with Crippen molar-refractivity contribution in [1.82, 2.24) is 20.4 Å². The van der Waals surface area contributed by atoms with Gasteiger partial charge in [0.15, 0.2) is 5.96 Å². The highest BCUT2D eigenvalue weighted by Gasteiger charge is 2.32. The van der Waals surface area contributed by atoms with Gasteiger partial charge >= 0.3 is 0 Å². The van der Waals surface area contributed by atoms with Gasteiger partial charge in [0.2, 0.25) is 5.91 Å². The number of nitrogens with one attached hydrogen (secondary N) is 2. The summed E-state index contributed by atoms with van der Waals surface area (Å²) in [5.74, 6) is 2.05. The minimum atomic E-state index is 0.330. The summed E-state index contributed by atoms with van der Waals surface area (Å²) in [5, 5.41) is 6.76. The topological polar surface area (TPSA) is 60.0 Å². The van der Waals surface area contributed by atoms with Crippen LogP contribution in [0.1, 0.15) is 51.9 Å². The molecule has 6 heteroatoms. The predicted octanol–water partition coefficient (Wildman–Crippen LogP) is 1.67. The number of aliphatic imine (C=N–C) groups is 1. The first kappa shape index (κ1) is 20.0. The van der Waals surface area contributed by atoms with E-state index in [1.807, 2.05) is 4.90 Å². The third kappa shape index (κ3) is 7.22. The summed E-state index contributed by atoms with van der Waals surface area (Å²) in [5.41, 5.74) is 0. The zero-order valence-electron chi connectivity index (χ0n) is 16.4. The highest BCUT2D eigenvalue weighted by Crippen LogP contribution is 2.34. The number of hydrogen-bond donors (Lipinski definition) is 2. The Balaban J connectivity index is 1.72. The Morgan fingerprint density at radius 2 is 2.08 bits per heavy atom. The van der Waals surface area contributed by atoms with Crippen LogP contribution in [-0.4, -0.2) is 74.5 Å². The van der Waals surface area contributed by atoms with E-state index < -0.39 is 0 Å². The minimum absolute atomic E-state index is 0.330. The van der Waals surface area contributed by atoms with Crippen LogP contribution in [0.4, 0.5) is 0 Å². The normalized spacial score (nSPS) is 20.6. The van der Waals surface area contributed by atoms with Gasteiger partial charge in [-0.1, -0.05) is 6.42 Å². The zero-order chi connectivity index (χ0) is 18.1. The summed E-state index contributed by atoms with van der Waals surface area (Å²) >= 11 is 0. The molecule has 1 amide bonds. The van der Waals surface area contributed by atoms with Gasteiger partial charge in [0.05, 0.1) is 6.54 Å². The Hall–Kier alpha value is -1.30.